The van der Waals surface area contributed by atoms with Gasteiger partial charge in [0.05, 0.1) is 10.7 Å². The molecule has 0 fully saturated rings. The summed E-state index contributed by atoms with van der Waals surface area (Å²) in [5.41, 5.74) is 6.59. The number of aromatic nitrogens is 1. The molecule has 102 valence electrons. The topological polar surface area (TPSA) is 42.2 Å². The van der Waals surface area contributed by atoms with Crippen LogP contribution in [0.1, 0.15) is 39.3 Å². The molecule has 0 radical (unpaired) electrons. The van der Waals surface area contributed by atoms with Crippen molar-refractivity contribution in [2.24, 2.45) is 5.92 Å². The number of rotatable bonds is 7. The van der Waals surface area contributed by atoms with E-state index in [9.17, 15) is 0 Å². The molecule has 0 spiro atoms. The number of nitrogens with two attached hydrogens (primary N) is 1. The molecule has 1 heterocycles. The van der Waals surface area contributed by atoms with E-state index in [4.69, 9.17) is 17.3 Å². The molecule has 0 saturated carbocycles. The number of nitrogens with zero attached hydrogens (tertiary/aromatic N) is 2. The quantitative estimate of drug-likeness (QED) is 0.823. The van der Waals surface area contributed by atoms with Gasteiger partial charge in [-0.1, -0.05) is 45.2 Å². The van der Waals surface area contributed by atoms with E-state index in [1.54, 1.807) is 6.07 Å². The Labute approximate surface area is 115 Å². The third-order valence-electron chi connectivity index (χ3n) is 3.43. The normalized spacial score (nSPS) is 11.4. The number of hydrogen-bond donors (Lipinski definition) is 1. The van der Waals surface area contributed by atoms with Crippen molar-refractivity contribution in [1.82, 2.24) is 9.88 Å². The second-order valence-corrected chi connectivity index (χ2v) is 5.08. The summed E-state index contributed by atoms with van der Waals surface area (Å²) in [7, 11) is 0. The van der Waals surface area contributed by atoms with E-state index in [1.807, 2.05) is 6.07 Å². The van der Waals surface area contributed by atoms with Gasteiger partial charge in [0, 0.05) is 13.1 Å². The van der Waals surface area contributed by atoms with E-state index in [0.29, 0.717) is 10.8 Å². The van der Waals surface area contributed by atoms with Crippen molar-refractivity contribution >= 4 is 17.4 Å². The van der Waals surface area contributed by atoms with Crippen LogP contribution in [0.5, 0.6) is 0 Å². The Bertz CT molecular complexity index is 364. The lowest BCUT2D eigenvalue weighted by atomic mass is 10.0. The lowest BCUT2D eigenvalue weighted by Gasteiger charge is -2.25. The van der Waals surface area contributed by atoms with Gasteiger partial charge in [0.2, 0.25) is 0 Å². The van der Waals surface area contributed by atoms with Gasteiger partial charge in [-0.05, 0) is 24.6 Å². The molecular weight excluding hydrogens is 246 g/mol. The first-order valence-electron chi connectivity index (χ1n) is 6.73. The van der Waals surface area contributed by atoms with Crippen LogP contribution in [0.4, 0.5) is 5.82 Å². The van der Waals surface area contributed by atoms with Gasteiger partial charge >= 0.3 is 0 Å². The largest absolute Gasteiger partial charge is 0.384 e. The van der Waals surface area contributed by atoms with Crippen molar-refractivity contribution in [3.63, 3.8) is 0 Å². The Kier molecular flexibility index (Phi) is 6.44. The fourth-order valence-electron chi connectivity index (χ4n) is 2.04. The highest BCUT2D eigenvalue weighted by Gasteiger charge is 2.12. The van der Waals surface area contributed by atoms with Crippen LogP contribution >= 0.6 is 11.6 Å². The van der Waals surface area contributed by atoms with Crippen LogP contribution in [0.2, 0.25) is 5.02 Å². The van der Waals surface area contributed by atoms with Gasteiger partial charge in [-0.15, -0.1) is 0 Å². The summed E-state index contributed by atoms with van der Waals surface area (Å²) in [6.07, 6.45) is 2.43. The van der Waals surface area contributed by atoms with Crippen molar-refractivity contribution in [3.8, 4) is 0 Å². The van der Waals surface area contributed by atoms with Crippen molar-refractivity contribution in [1.29, 1.82) is 0 Å². The molecule has 0 aliphatic carbocycles. The van der Waals surface area contributed by atoms with Crippen molar-refractivity contribution in [2.75, 3.05) is 18.8 Å². The lowest BCUT2D eigenvalue weighted by molar-refractivity contribution is 0.224. The first-order valence-corrected chi connectivity index (χ1v) is 7.11. The summed E-state index contributed by atoms with van der Waals surface area (Å²) in [5, 5.41) is 0.701. The van der Waals surface area contributed by atoms with E-state index in [-0.39, 0.29) is 0 Å². The van der Waals surface area contributed by atoms with Crippen LogP contribution in [0.25, 0.3) is 0 Å². The number of pyridine rings is 1. The van der Waals surface area contributed by atoms with Crippen LogP contribution in [0.15, 0.2) is 12.1 Å². The smallest absolute Gasteiger partial charge is 0.123 e. The molecule has 2 N–H and O–H groups in total. The summed E-state index contributed by atoms with van der Waals surface area (Å²) in [6.45, 7) is 9.53. The molecule has 0 aliphatic heterocycles. The summed E-state index contributed by atoms with van der Waals surface area (Å²) < 4.78 is 0. The molecule has 1 aromatic rings. The van der Waals surface area contributed by atoms with Gasteiger partial charge in [0.15, 0.2) is 0 Å². The minimum Gasteiger partial charge on any atom is -0.384 e. The molecule has 1 aromatic heterocycles. The zero-order valence-electron chi connectivity index (χ0n) is 11.6. The third kappa shape index (κ3) is 4.46. The molecule has 0 unspecified atom stereocenters. The monoisotopic (exact) mass is 269 g/mol. The average Bonchev–Trinajstić information content (AvgIpc) is 2.38. The van der Waals surface area contributed by atoms with Crippen LogP contribution in [-0.4, -0.2) is 23.0 Å². The zero-order chi connectivity index (χ0) is 13.5. The SMILES string of the molecule is CCC(CC)CN(CC)Cc1nc(N)ccc1Cl. The fraction of sp³-hybridized carbons (Fsp3) is 0.643. The van der Waals surface area contributed by atoms with Gasteiger partial charge in [-0.3, -0.25) is 4.90 Å². The van der Waals surface area contributed by atoms with Crippen LogP contribution < -0.4 is 5.73 Å². The van der Waals surface area contributed by atoms with E-state index in [2.05, 4.69) is 30.7 Å². The lowest BCUT2D eigenvalue weighted by Crippen LogP contribution is -2.29. The predicted octanol–water partition coefficient (Wildman–Crippen LogP) is 3.58. The molecule has 0 saturated heterocycles. The number of anilines is 1. The van der Waals surface area contributed by atoms with Gasteiger partial charge in [0.1, 0.15) is 5.82 Å². The molecule has 1 rings (SSSR count). The van der Waals surface area contributed by atoms with Crippen molar-refractivity contribution in [2.45, 2.75) is 40.2 Å². The highest BCUT2D eigenvalue weighted by Crippen LogP contribution is 2.18. The maximum absolute atomic E-state index is 6.16. The summed E-state index contributed by atoms with van der Waals surface area (Å²) >= 11 is 6.16. The summed E-state index contributed by atoms with van der Waals surface area (Å²) in [6, 6.07) is 3.56. The van der Waals surface area contributed by atoms with E-state index in [1.165, 1.54) is 12.8 Å². The first-order chi connectivity index (χ1) is 8.60. The first kappa shape index (κ1) is 15.3. The number of halogens is 1. The summed E-state index contributed by atoms with van der Waals surface area (Å²) in [5.74, 6) is 1.28. The Morgan fingerprint density at radius 2 is 1.94 bits per heavy atom. The minimum absolute atomic E-state index is 0.535. The minimum atomic E-state index is 0.535. The molecule has 0 aliphatic rings. The molecule has 18 heavy (non-hydrogen) atoms. The van der Waals surface area contributed by atoms with Gasteiger partial charge in [-0.2, -0.15) is 0 Å². The van der Waals surface area contributed by atoms with Gasteiger partial charge < -0.3 is 5.73 Å². The van der Waals surface area contributed by atoms with Crippen LogP contribution in [-0.2, 0) is 6.54 Å². The predicted molar refractivity (Wildman–Crippen MR) is 78.7 cm³/mol. The Morgan fingerprint density at radius 3 is 2.50 bits per heavy atom. The fourth-order valence-corrected chi connectivity index (χ4v) is 2.21. The second-order valence-electron chi connectivity index (χ2n) is 4.67. The second kappa shape index (κ2) is 7.59. The van der Waals surface area contributed by atoms with E-state index >= 15 is 0 Å². The Balaban J connectivity index is 2.70. The molecule has 4 heteroatoms. The van der Waals surface area contributed by atoms with Gasteiger partial charge in [-0.25, -0.2) is 4.98 Å². The standard InChI is InChI=1S/C14H24ClN3/c1-4-11(5-2)9-18(6-3)10-13-12(15)7-8-14(16)17-13/h7-8,11H,4-6,9-10H2,1-3H3,(H2,16,17). The number of hydrogen-bond acceptors (Lipinski definition) is 3. The Morgan fingerprint density at radius 1 is 1.28 bits per heavy atom. The third-order valence-corrected chi connectivity index (χ3v) is 3.78. The highest BCUT2D eigenvalue weighted by molar-refractivity contribution is 6.31. The van der Waals surface area contributed by atoms with Crippen LogP contribution in [0, 0.1) is 5.92 Å². The van der Waals surface area contributed by atoms with Gasteiger partial charge in [0.25, 0.3) is 0 Å². The molecule has 0 aromatic carbocycles. The Hall–Kier alpha value is -0.800. The molecule has 3 nitrogen and oxygen atoms in total. The average molecular weight is 270 g/mol. The van der Waals surface area contributed by atoms with Crippen molar-refractivity contribution in [3.05, 3.63) is 22.8 Å². The molecule has 0 amide bonds. The van der Waals surface area contributed by atoms with E-state index < -0.39 is 0 Å². The maximum atomic E-state index is 6.16. The van der Waals surface area contributed by atoms with Crippen LogP contribution in [0.3, 0.4) is 0 Å². The molecular formula is C14H24ClN3. The van der Waals surface area contributed by atoms with Crippen molar-refractivity contribution < 1.29 is 0 Å². The zero-order valence-corrected chi connectivity index (χ0v) is 12.4. The molecule has 0 bridgehead atoms. The molecule has 0 atom stereocenters. The summed E-state index contributed by atoms with van der Waals surface area (Å²) in [4.78, 5) is 6.70. The van der Waals surface area contributed by atoms with E-state index in [0.717, 1.165) is 31.2 Å². The maximum Gasteiger partial charge on any atom is 0.123 e. The highest BCUT2D eigenvalue weighted by atomic mass is 35.5. The number of nitrogen functional groups attached to an aromatic ring is 1.